The maximum atomic E-state index is 13.8. The lowest BCUT2D eigenvalue weighted by molar-refractivity contribution is -0.181. The van der Waals surface area contributed by atoms with Crippen LogP contribution >= 0.6 is 11.6 Å². The van der Waals surface area contributed by atoms with Gasteiger partial charge in [0.05, 0.1) is 16.2 Å². The van der Waals surface area contributed by atoms with Crippen LogP contribution in [0.25, 0.3) is 10.9 Å². The van der Waals surface area contributed by atoms with Crippen LogP contribution in [0.2, 0.25) is 5.02 Å². The van der Waals surface area contributed by atoms with Crippen molar-refractivity contribution < 1.29 is 28.1 Å². The highest BCUT2D eigenvalue weighted by Crippen LogP contribution is 2.42. The van der Waals surface area contributed by atoms with Crippen molar-refractivity contribution in [3.63, 3.8) is 0 Å². The van der Waals surface area contributed by atoms with Crippen LogP contribution in [0.1, 0.15) is 66.7 Å². The minimum atomic E-state index is -0.471. The molecular formula is C33H31ClFNO5. The van der Waals surface area contributed by atoms with Gasteiger partial charge in [0, 0.05) is 24.0 Å². The van der Waals surface area contributed by atoms with Gasteiger partial charge in [0.2, 0.25) is 0 Å². The van der Waals surface area contributed by atoms with Crippen LogP contribution in [0.15, 0.2) is 60.7 Å². The summed E-state index contributed by atoms with van der Waals surface area (Å²) in [7, 11) is 0. The average molecular weight is 576 g/mol. The Morgan fingerprint density at radius 2 is 1.98 bits per heavy atom. The summed E-state index contributed by atoms with van der Waals surface area (Å²) in [6, 6.07) is 18.5. The molecule has 6 rings (SSSR count). The molecule has 1 fully saturated rings. The SMILES string of the molecule is CC(=O)CCc1ccc2c(c1)COc1ccc(OCc3ccc4cc(F)c(Cl)cc4n3)cc1C2OC1CCCCO1. The lowest BCUT2D eigenvalue weighted by Gasteiger charge is -2.29. The monoisotopic (exact) mass is 575 g/mol. The summed E-state index contributed by atoms with van der Waals surface area (Å²) in [5, 5.41) is 0.707. The van der Waals surface area contributed by atoms with Crippen molar-refractivity contribution in [2.24, 2.45) is 0 Å². The van der Waals surface area contributed by atoms with E-state index in [2.05, 4.69) is 23.2 Å². The van der Waals surface area contributed by atoms with Gasteiger partial charge in [-0.1, -0.05) is 35.9 Å². The van der Waals surface area contributed by atoms with Gasteiger partial charge >= 0.3 is 0 Å². The number of aromatic nitrogens is 1. The number of ketones is 1. The maximum Gasteiger partial charge on any atom is 0.158 e. The third kappa shape index (κ3) is 6.38. The topological polar surface area (TPSA) is 66.9 Å². The Labute approximate surface area is 243 Å². The fraction of sp³-hybridized carbons (Fsp3) is 0.333. The third-order valence-electron chi connectivity index (χ3n) is 7.50. The Hall–Kier alpha value is -3.52. The van der Waals surface area contributed by atoms with Crippen LogP contribution in [0, 0.1) is 5.82 Å². The Balaban J connectivity index is 1.28. The molecule has 0 bridgehead atoms. The molecule has 2 aliphatic heterocycles. The zero-order valence-corrected chi connectivity index (χ0v) is 23.6. The second kappa shape index (κ2) is 12.1. The summed E-state index contributed by atoms with van der Waals surface area (Å²) in [5.74, 6) is 1.07. The van der Waals surface area contributed by atoms with E-state index >= 15 is 0 Å². The molecule has 8 heteroatoms. The third-order valence-corrected chi connectivity index (χ3v) is 7.79. The van der Waals surface area contributed by atoms with E-state index in [0.29, 0.717) is 48.4 Å². The van der Waals surface area contributed by atoms with E-state index in [0.717, 1.165) is 47.3 Å². The first kappa shape index (κ1) is 27.6. The zero-order valence-electron chi connectivity index (χ0n) is 22.8. The van der Waals surface area contributed by atoms with E-state index in [1.165, 1.54) is 12.1 Å². The molecule has 0 radical (unpaired) electrons. The Kier molecular flexibility index (Phi) is 8.19. The predicted molar refractivity (Wildman–Crippen MR) is 154 cm³/mol. The molecule has 2 atom stereocenters. The minimum absolute atomic E-state index is 0.0352. The summed E-state index contributed by atoms with van der Waals surface area (Å²) in [6.45, 7) is 2.91. The molecule has 2 unspecified atom stereocenters. The van der Waals surface area contributed by atoms with Crippen LogP contribution in [0.3, 0.4) is 0 Å². The van der Waals surface area contributed by atoms with Gasteiger partial charge in [0.25, 0.3) is 0 Å². The molecule has 4 aromatic rings. The number of ether oxygens (including phenoxy) is 4. The largest absolute Gasteiger partial charge is 0.488 e. The second-order valence-corrected chi connectivity index (χ2v) is 11.0. The van der Waals surface area contributed by atoms with Crippen molar-refractivity contribution in [1.29, 1.82) is 0 Å². The van der Waals surface area contributed by atoms with Crippen LogP contribution in [-0.2, 0) is 33.9 Å². The van der Waals surface area contributed by atoms with Crippen LogP contribution in [0.5, 0.6) is 11.5 Å². The fourth-order valence-corrected chi connectivity index (χ4v) is 5.46. The van der Waals surface area contributed by atoms with Gasteiger partial charge in [-0.2, -0.15) is 0 Å². The van der Waals surface area contributed by atoms with E-state index < -0.39 is 11.9 Å². The van der Waals surface area contributed by atoms with Gasteiger partial charge in [0.15, 0.2) is 6.29 Å². The van der Waals surface area contributed by atoms with Gasteiger partial charge in [0.1, 0.15) is 42.4 Å². The molecule has 212 valence electrons. The standard InChI is InChI=1S/C33H31ClFNO5/c1-20(37)5-6-21-7-11-26-23(14-21)18-40-31-12-10-25(16-27(31)33(26)41-32-4-2-3-13-38-32)39-19-24-9-8-22-15-29(35)28(34)17-30(22)36-24/h7-12,14-17,32-33H,2-6,13,18-19H2,1H3. The molecule has 3 heterocycles. The fourth-order valence-electron chi connectivity index (χ4n) is 5.31. The first-order valence-corrected chi connectivity index (χ1v) is 14.3. The number of hydrogen-bond acceptors (Lipinski definition) is 6. The Morgan fingerprint density at radius 1 is 1.07 bits per heavy atom. The molecule has 0 spiro atoms. The van der Waals surface area contributed by atoms with Crippen molar-refractivity contribution in [2.75, 3.05) is 6.61 Å². The number of carbonyl (C=O) groups is 1. The molecule has 2 aliphatic rings. The van der Waals surface area contributed by atoms with Crippen molar-refractivity contribution in [2.45, 2.75) is 64.6 Å². The normalized spacial score (nSPS) is 18.2. The molecule has 3 aromatic carbocycles. The summed E-state index contributed by atoms with van der Waals surface area (Å²) in [4.78, 5) is 16.1. The number of fused-ring (bicyclic) bond motifs is 3. The minimum Gasteiger partial charge on any atom is -0.488 e. The smallest absolute Gasteiger partial charge is 0.158 e. The van der Waals surface area contributed by atoms with Crippen molar-refractivity contribution in [3.8, 4) is 11.5 Å². The number of carbonyl (C=O) groups excluding carboxylic acids is 1. The maximum absolute atomic E-state index is 13.8. The van der Waals surface area contributed by atoms with Gasteiger partial charge in [-0.3, -0.25) is 0 Å². The first-order valence-electron chi connectivity index (χ1n) is 14.0. The lowest BCUT2D eigenvalue weighted by atomic mass is 9.94. The van der Waals surface area contributed by atoms with Gasteiger partial charge < -0.3 is 23.7 Å². The van der Waals surface area contributed by atoms with Gasteiger partial charge in [-0.15, -0.1) is 0 Å². The molecular weight excluding hydrogens is 545 g/mol. The number of pyridine rings is 1. The highest BCUT2D eigenvalue weighted by atomic mass is 35.5. The number of hydrogen-bond donors (Lipinski definition) is 0. The summed E-state index contributed by atoms with van der Waals surface area (Å²) >= 11 is 5.96. The number of rotatable bonds is 8. The summed E-state index contributed by atoms with van der Waals surface area (Å²) in [6.07, 6.45) is 3.39. The summed E-state index contributed by atoms with van der Waals surface area (Å²) < 4.78 is 38.8. The highest BCUT2D eigenvalue weighted by molar-refractivity contribution is 6.31. The van der Waals surface area contributed by atoms with E-state index in [1.54, 1.807) is 13.0 Å². The van der Waals surface area contributed by atoms with Crippen LogP contribution < -0.4 is 9.47 Å². The van der Waals surface area contributed by atoms with Gasteiger partial charge in [-0.05, 0) is 85.7 Å². The molecule has 0 amide bonds. The zero-order chi connectivity index (χ0) is 28.3. The Morgan fingerprint density at radius 3 is 2.80 bits per heavy atom. The molecule has 1 saturated heterocycles. The highest BCUT2D eigenvalue weighted by Gasteiger charge is 2.30. The van der Waals surface area contributed by atoms with Crippen LogP contribution in [0.4, 0.5) is 4.39 Å². The molecule has 0 saturated carbocycles. The van der Waals surface area contributed by atoms with Crippen molar-refractivity contribution in [1.82, 2.24) is 4.98 Å². The Bertz CT molecular complexity index is 1590. The first-order chi connectivity index (χ1) is 19.9. The molecule has 41 heavy (non-hydrogen) atoms. The number of Topliss-reactive ketones (excluding diaryl/α,β-unsaturated/α-hetero) is 1. The molecule has 1 aromatic heterocycles. The number of benzene rings is 3. The quantitative estimate of drug-likeness (QED) is 0.215. The van der Waals surface area contributed by atoms with E-state index in [1.807, 2.05) is 24.3 Å². The van der Waals surface area contributed by atoms with E-state index in [4.69, 9.17) is 30.5 Å². The van der Waals surface area contributed by atoms with Crippen LogP contribution in [-0.4, -0.2) is 23.7 Å². The van der Waals surface area contributed by atoms with Crippen molar-refractivity contribution >= 4 is 28.3 Å². The number of halogens is 2. The second-order valence-electron chi connectivity index (χ2n) is 10.6. The molecule has 0 N–H and O–H groups in total. The van der Waals surface area contributed by atoms with Crippen molar-refractivity contribution in [3.05, 3.63) is 99.5 Å². The molecule has 0 aliphatic carbocycles. The average Bonchev–Trinajstić information content (AvgIpc) is 3.12. The number of nitrogens with zero attached hydrogens (tertiary/aromatic N) is 1. The lowest BCUT2D eigenvalue weighted by Crippen LogP contribution is -2.25. The summed E-state index contributed by atoms with van der Waals surface area (Å²) in [5.41, 5.74) is 5.30. The molecule has 6 nitrogen and oxygen atoms in total. The number of aryl methyl sites for hydroxylation is 1. The van der Waals surface area contributed by atoms with Gasteiger partial charge in [-0.25, -0.2) is 9.37 Å². The van der Waals surface area contributed by atoms with E-state index in [9.17, 15) is 9.18 Å². The van der Waals surface area contributed by atoms with E-state index in [-0.39, 0.29) is 23.7 Å². The predicted octanol–water partition coefficient (Wildman–Crippen LogP) is 7.65.